The van der Waals surface area contributed by atoms with E-state index in [4.69, 9.17) is 10.5 Å². The number of nitrogens with zero attached hydrogens (tertiary/aromatic N) is 2. The first-order valence-electron chi connectivity index (χ1n) is 5.59. The lowest BCUT2D eigenvalue weighted by molar-refractivity contribution is -0.0512. The summed E-state index contributed by atoms with van der Waals surface area (Å²) in [5.74, 6) is 0.672. The Labute approximate surface area is 122 Å². The van der Waals surface area contributed by atoms with Gasteiger partial charge in [0.2, 0.25) is 0 Å². The summed E-state index contributed by atoms with van der Waals surface area (Å²) in [6, 6.07) is 4.76. The fraction of sp³-hybridized carbons (Fsp3) is 0.250. The first kappa shape index (κ1) is 14.6. The molecule has 0 atom stereocenters. The van der Waals surface area contributed by atoms with Crippen LogP contribution in [0.2, 0.25) is 0 Å². The molecule has 0 aliphatic rings. The molecule has 0 saturated heterocycles. The molecule has 1 heterocycles. The lowest BCUT2D eigenvalue weighted by Crippen LogP contribution is -2.07. The second-order valence-corrected chi connectivity index (χ2v) is 4.75. The van der Waals surface area contributed by atoms with Crippen LogP contribution in [0.15, 0.2) is 28.9 Å². The number of halogens is 3. The van der Waals surface area contributed by atoms with Crippen LogP contribution < -0.4 is 15.2 Å². The maximum atomic E-state index is 12.3. The number of aromatic nitrogens is 2. The van der Waals surface area contributed by atoms with Crippen molar-refractivity contribution in [3.63, 3.8) is 0 Å². The molecule has 0 bridgehead atoms. The van der Waals surface area contributed by atoms with Crippen molar-refractivity contribution in [1.82, 2.24) is 9.78 Å². The fourth-order valence-electron chi connectivity index (χ4n) is 1.68. The average molecular weight is 348 g/mol. The van der Waals surface area contributed by atoms with Crippen LogP contribution in [0.5, 0.6) is 11.5 Å². The summed E-state index contributed by atoms with van der Waals surface area (Å²) < 4.78 is 36.3. The molecule has 0 aliphatic carbocycles. The van der Waals surface area contributed by atoms with E-state index in [9.17, 15) is 8.78 Å². The normalized spacial score (nSPS) is 10.8. The Bertz CT molecular complexity index is 604. The summed E-state index contributed by atoms with van der Waals surface area (Å²) in [5.41, 5.74) is 6.51. The van der Waals surface area contributed by atoms with Gasteiger partial charge in [0.1, 0.15) is 5.82 Å². The second kappa shape index (κ2) is 6.08. The second-order valence-electron chi connectivity index (χ2n) is 3.90. The van der Waals surface area contributed by atoms with Gasteiger partial charge < -0.3 is 15.2 Å². The number of alkyl halides is 2. The minimum absolute atomic E-state index is 0.0233. The SMILES string of the molecule is COc1ccc(Cn2ncc(Br)c2N)cc1OC(F)F. The zero-order chi connectivity index (χ0) is 14.7. The molecule has 2 aromatic rings. The zero-order valence-electron chi connectivity index (χ0n) is 10.5. The number of rotatable bonds is 5. The molecule has 0 amide bonds. The van der Waals surface area contributed by atoms with E-state index in [0.717, 1.165) is 0 Å². The summed E-state index contributed by atoms with van der Waals surface area (Å²) in [4.78, 5) is 0. The van der Waals surface area contributed by atoms with Crippen molar-refractivity contribution in [2.45, 2.75) is 13.2 Å². The van der Waals surface area contributed by atoms with Gasteiger partial charge in [0.25, 0.3) is 0 Å². The van der Waals surface area contributed by atoms with E-state index in [1.54, 1.807) is 18.3 Å². The quantitative estimate of drug-likeness (QED) is 0.903. The van der Waals surface area contributed by atoms with Crippen molar-refractivity contribution in [1.29, 1.82) is 0 Å². The predicted octanol–water partition coefficient (Wildman–Crippen LogP) is 2.89. The van der Waals surface area contributed by atoms with E-state index in [1.807, 2.05) is 0 Å². The van der Waals surface area contributed by atoms with Gasteiger partial charge in [-0.2, -0.15) is 13.9 Å². The molecule has 0 spiro atoms. The van der Waals surface area contributed by atoms with E-state index in [2.05, 4.69) is 25.8 Å². The van der Waals surface area contributed by atoms with Gasteiger partial charge in [-0.15, -0.1) is 0 Å². The zero-order valence-corrected chi connectivity index (χ0v) is 12.1. The summed E-state index contributed by atoms with van der Waals surface area (Å²) in [6.07, 6.45) is 1.56. The maximum absolute atomic E-state index is 12.3. The molecular weight excluding hydrogens is 336 g/mol. The number of benzene rings is 1. The van der Waals surface area contributed by atoms with Crippen molar-refractivity contribution in [2.75, 3.05) is 12.8 Å². The average Bonchev–Trinajstić information content (AvgIpc) is 2.70. The summed E-state index contributed by atoms with van der Waals surface area (Å²) >= 11 is 3.25. The van der Waals surface area contributed by atoms with Crippen LogP contribution in [0.3, 0.4) is 0 Å². The number of methoxy groups -OCH3 is 1. The summed E-state index contributed by atoms with van der Waals surface area (Å²) in [5, 5.41) is 4.07. The van der Waals surface area contributed by atoms with Crippen LogP contribution in [0.1, 0.15) is 5.56 Å². The van der Waals surface area contributed by atoms with Gasteiger partial charge in [-0.25, -0.2) is 4.68 Å². The van der Waals surface area contributed by atoms with Gasteiger partial charge in [-0.05, 0) is 33.6 Å². The molecule has 0 radical (unpaired) electrons. The smallest absolute Gasteiger partial charge is 0.387 e. The maximum Gasteiger partial charge on any atom is 0.387 e. The van der Waals surface area contributed by atoms with Crippen molar-refractivity contribution in [2.24, 2.45) is 0 Å². The summed E-state index contributed by atoms with van der Waals surface area (Å²) in [7, 11) is 1.38. The largest absolute Gasteiger partial charge is 0.493 e. The fourth-order valence-corrected chi connectivity index (χ4v) is 1.97. The molecule has 108 valence electrons. The van der Waals surface area contributed by atoms with E-state index in [0.29, 0.717) is 22.4 Å². The standard InChI is InChI=1S/C12H12BrF2N3O2/c1-19-9-3-2-7(4-10(9)20-12(14)15)6-18-11(16)8(13)5-17-18/h2-5,12H,6,16H2,1H3. The predicted molar refractivity (Wildman–Crippen MR) is 73.1 cm³/mol. The highest BCUT2D eigenvalue weighted by atomic mass is 79.9. The van der Waals surface area contributed by atoms with Crippen LogP contribution in [-0.2, 0) is 6.54 Å². The lowest BCUT2D eigenvalue weighted by Gasteiger charge is -2.12. The summed E-state index contributed by atoms with van der Waals surface area (Å²) in [6.45, 7) is -2.58. The van der Waals surface area contributed by atoms with Gasteiger partial charge in [0.05, 0.1) is 24.3 Å². The Morgan fingerprint density at radius 1 is 1.40 bits per heavy atom. The minimum Gasteiger partial charge on any atom is -0.493 e. The number of anilines is 1. The highest BCUT2D eigenvalue weighted by Crippen LogP contribution is 2.30. The topological polar surface area (TPSA) is 62.3 Å². The molecule has 0 aliphatic heterocycles. The Morgan fingerprint density at radius 2 is 2.15 bits per heavy atom. The third kappa shape index (κ3) is 3.19. The molecule has 5 nitrogen and oxygen atoms in total. The number of ether oxygens (including phenoxy) is 2. The molecule has 0 fully saturated rings. The van der Waals surface area contributed by atoms with Crippen molar-refractivity contribution >= 4 is 21.7 Å². The van der Waals surface area contributed by atoms with E-state index in [-0.39, 0.29) is 11.5 Å². The molecular formula is C12H12BrF2N3O2. The molecule has 1 aromatic heterocycles. The molecule has 0 unspecified atom stereocenters. The third-order valence-corrected chi connectivity index (χ3v) is 3.22. The Hall–Kier alpha value is -1.83. The molecule has 0 saturated carbocycles. The molecule has 1 aromatic carbocycles. The highest BCUT2D eigenvalue weighted by molar-refractivity contribution is 9.10. The van der Waals surface area contributed by atoms with Gasteiger partial charge in [-0.1, -0.05) is 6.07 Å². The van der Waals surface area contributed by atoms with Crippen LogP contribution in [-0.4, -0.2) is 23.5 Å². The molecule has 20 heavy (non-hydrogen) atoms. The number of hydrogen-bond donors (Lipinski definition) is 1. The van der Waals surface area contributed by atoms with Gasteiger partial charge in [0.15, 0.2) is 11.5 Å². The van der Waals surface area contributed by atoms with Gasteiger partial charge in [-0.3, -0.25) is 0 Å². The van der Waals surface area contributed by atoms with E-state index in [1.165, 1.54) is 17.9 Å². The monoisotopic (exact) mass is 347 g/mol. The Kier molecular flexibility index (Phi) is 4.43. The van der Waals surface area contributed by atoms with Crippen molar-refractivity contribution in [3.8, 4) is 11.5 Å². The number of nitrogens with two attached hydrogens (primary N) is 1. The first-order chi connectivity index (χ1) is 9.51. The Balaban J connectivity index is 2.26. The number of hydrogen-bond acceptors (Lipinski definition) is 4. The molecule has 2 N–H and O–H groups in total. The first-order valence-corrected chi connectivity index (χ1v) is 6.39. The Morgan fingerprint density at radius 3 is 2.70 bits per heavy atom. The third-order valence-electron chi connectivity index (χ3n) is 2.61. The molecule has 2 rings (SSSR count). The lowest BCUT2D eigenvalue weighted by atomic mass is 10.2. The number of nitrogen functional groups attached to an aromatic ring is 1. The van der Waals surface area contributed by atoms with E-state index >= 15 is 0 Å². The minimum atomic E-state index is -2.91. The van der Waals surface area contributed by atoms with E-state index < -0.39 is 6.61 Å². The van der Waals surface area contributed by atoms with Crippen molar-refractivity contribution in [3.05, 3.63) is 34.4 Å². The van der Waals surface area contributed by atoms with Gasteiger partial charge >= 0.3 is 6.61 Å². The molecule has 8 heteroatoms. The highest BCUT2D eigenvalue weighted by Gasteiger charge is 2.12. The van der Waals surface area contributed by atoms with Crippen LogP contribution in [0.25, 0.3) is 0 Å². The van der Waals surface area contributed by atoms with Crippen LogP contribution in [0.4, 0.5) is 14.6 Å². The van der Waals surface area contributed by atoms with Crippen molar-refractivity contribution < 1.29 is 18.3 Å². The van der Waals surface area contributed by atoms with Gasteiger partial charge in [0, 0.05) is 0 Å². The van der Waals surface area contributed by atoms with Crippen LogP contribution in [0, 0.1) is 0 Å². The van der Waals surface area contributed by atoms with Crippen LogP contribution >= 0.6 is 15.9 Å².